The second-order valence-electron chi connectivity index (χ2n) is 3.88. The number of benzene rings is 1. The van der Waals surface area contributed by atoms with Gasteiger partial charge in [-0.05, 0) is 36.2 Å². The number of nitrogens with zero attached hydrogens (tertiary/aromatic N) is 1. The maximum atomic E-state index is 13.1. The van der Waals surface area contributed by atoms with Crippen LogP contribution in [0.1, 0.15) is 11.1 Å². The maximum absolute atomic E-state index is 13.1. The van der Waals surface area contributed by atoms with Crippen molar-refractivity contribution in [2.45, 2.75) is 13.5 Å². The topological polar surface area (TPSA) is 24.9 Å². The summed E-state index contributed by atoms with van der Waals surface area (Å²) < 4.78 is 13.1. The van der Waals surface area contributed by atoms with Gasteiger partial charge in [-0.3, -0.25) is 4.98 Å². The van der Waals surface area contributed by atoms with Gasteiger partial charge in [0.2, 0.25) is 0 Å². The van der Waals surface area contributed by atoms with E-state index in [9.17, 15) is 4.39 Å². The monoisotopic (exact) mass is 250 g/mol. The van der Waals surface area contributed by atoms with Crippen LogP contribution in [0.5, 0.6) is 0 Å². The zero-order chi connectivity index (χ0) is 12.3. The van der Waals surface area contributed by atoms with Crippen LogP contribution in [-0.2, 0) is 6.54 Å². The Kier molecular flexibility index (Phi) is 3.59. The minimum atomic E-state index is -0.345. The van der Waals surface area contributed by atoms with E-state index in [0.717, 1.165) is 11.1 Å². The lowest BCUT2D eigenvalue weighted by molar-refractivity contribution is 0.628. The molecule has 0 aliphatic carbocycles. The number of anilines is 1. The van der Waals surface area contributed by atoms with Crippen molar-refractivity contribution in [1.82, 2.24) is 4.98 Å². The summed E-state index contributed by atoms with van der Waals surface area (Å²) in [6.07, 6.45) is 3.57. The number of hydrogen-bond acceptors (Lipinski definition) is 2. The van der Waals surface area contributed by atoms with Gasteiger partial charge < -0.3 is 5.32 Å². The van der Waals surface area contributed by atoms with E-state index in [0.29, 0.717) is 17.3 Å². The first kappa shape index (κ1) is 11.9. The van der Waals surface area contributed by atoms with Gasteiger partial charge in [0.25, 0.3) is 0 Å². The van der Waals surface area contributed by atoms with E-state index in [2.05, 4.69) is 10.3 Å². The molecule has 0 atom stereocenters. The van der Waals surface area contributed by atoms with Gasteiger partial charge in [-0.2, -0.15) is 0 Å². The van der Waals surface area contributed by atoms with Crippen LogP contribution in [0, 0.1) is 12.7 Å². The lowest BCUT2D eigenvalue weighted by atomic mass is 10.2. The first-order valence-corrected chi connectivity index (χ1v) is 5.62. The number of halogens is 2. The Bertz CT molecular complexity index is 508. The predicted molar refractivity (Wildman–Crippen MR) is 67.7 cm³/mol. The number of pyridine rings is 1. The Morgan fingerprint density at radius 1 is 1.24 bits per heavy atom. The molecule has 0 spiro atoms. The van der Waals surface area contributed by atoms with E-state index >= 15 is 0 Å². The molecule has 0 amide bonds. The van der Waals surface area contributed by atoms with Crippen molar-refractivity contribution in [2.75, 3.05) is 5.32 Å². The molecule has 2 aromatic rings. The van der Waals surface area contributed by atoms with Crippen molar-refractivity contribution < 1.29 is 4.39 Å². The summed E-state index contributed by atoms with van der Waals surface area (Å²) in [5.41, 5.74) is 2.81. The Hall–Kier alpha value is -1.61. The van der Waals surface area contributed by atoms with Crippen LogP contribution in [0.15, 0.2) is 36.7 Å². The van der Waals surface area contributed by atoms with Gasteiger partial charge in [0.15, 0.2) is 0 Å². The van der Waals surface area contributed by atoms with E-state index in [4.69, 9.17) is 11.6 Å². The maximum Gasteiger partial charge on any atom is 0.126 e. The molecule has 0 unspecified atom stereocenters. The Labute approximate surface area is 104 Å². The smallest absolute Gasteiger partial charge is 0.126 e. The van der Waals surface area contributed by atoms with E-state index < -0.39 is 0 Å². The van der Waals surface area contributed by atoms with Gasteiger partial charge >= 0.3 is 0 Å². The van der Waals surface area contributed by atoms with E-state index in [1.165, 1.54) is 12.1 Å². The molecule has 17 heavy (non-hydrogen) atoms. The average Bonchev–Trinajstić information content (AvgIpc) is 2.25. The summed E-state index contributed by atoms with van der Waals surface area (Å²) in [5, 5.41) is 3.49. The number of aryl methyl sites for hydroxylation is 1. The molecule has 0 saturated heterocycles. The molecule has 88 valence electrons. The van der Waals surface area contributed by atoms with Crippen LogP contribution in [0.4, 0.5) is 10.1 Å². The van der Waals surface area contributed by atoms with Gasteiger partial charge in [-0.1, -0.05) is 17.7 Å². The zero-order valence-electron chi connectivity index (χ0n) is 9.37. The molecular weight excluding hydrogens is 239 g/mol. The number of hydrogen-bond donors (Lipinski definition) is 1. The zero-order valence-corrected chi connectivity index (χ0v) is 10.1. The van der Waals surface area contributed by atoms with Crippen molar-refractivity contribution in [3.8, 4) is 0 Å². The average molecular weight is 251 g/mol. The number of aromatic nitrogens is 1. The van der Waals surface area contributed by atoms with Crippen LogP contribution in [0.2, 0.25) is 5.02 Å². The highest BCUT2D eigenvalue weighted by molar-refractivity contribution is 6.30. The first-order chi connectivity index (χ1) is 8.13. The molecule has 0 fully saturated rings. The predicted octanol–water partition coefficient (Wildman–Crippen LogP) is 3.79. The normalized spacial score (nSPS) is 10.3. The first-order valence-electron chi connectivity index (χ1n) is 5.24. The fraction of sp³-hybridized carbons (Fsp3) is 0.154. The highest BCUT2D eigenvalue weighted by Gasteiger charge is 1.99. The molecule has 0 saturated carbocycles. The third kappa shape index (κ3) is 3.43. The molecule has 2 nitrogen and oxygen atoms in total. The minimum absolute atomic E-state index is 0.345. The molecule has 0 aliphatic heterocycles. The van der Waals surface area contributed by atoms with Gasteiger partial charge in [-0.15, -0.1) is 0 Å². The summed E-state index contributed by atoms with van der Waals surface area (Å²) in [7, 11) is 0. The third-order valence-corrected chi connectivity index (χ3v) is 2.51. The van der Waals surface area contributed by atoms with Crippen molar-refractivity contribution >= 4 is 17.3 Å². The van der Waals surface area contributed by atoms with Gasteiger partial charge in [0.05, 0.1) is 0 Å². The second kappa shape index (κ2) is 5.15. The summed E-state index contributed by atoms with van der Waals surface area (Å²) in [6, 6.07) is 6.41. The molecule has 0 bridgehead atoms. The Morgan fingerprint density at radius 2 is 2.06 bits per heavy atom. The van der Waals surface area contributed by atoms with Crippen LogP contribution in [0.25, 0.3) is 0 Å². The number of rotatable bonds is 3. The van der Waals surface area contributed by atoms with Gasteiger partial charge in [0.1, 0.15) is 5.82 Å². The SMILES string of the molecule is Cc1cncc(CNc2cc(F)cc(Cl)c2)c1. The molecule has 1 aromatic heterocycles. The molecule has 0 aliphatic rings. The molecule has 1 heterocycles. The van der Waals surface area contributed by atoms with Crippen LogP contribution in [0.3, 0.4) is 0 Å². The van der Waals surface area contributed by atoms with Crippen molar-refractivity contribution in [1.29, 1.82) is 0 Å². The standard InChI is InChI=1S/C13H12ClFN2/c1-9-2-10(7-16-6-9)8-17-13-4-11(14)3-12(15)5-13/h2-7,17H,8H2,1H3. The fourth-order valence-electron chi connectivity index (χ4n) is 1.57. The Morgan fingerprint density at radius 3 is 2.76 bits per heavy atom. The van der Waals surface area contributed by atoms with E-state index in [1.807, 2.05) is 13.0 Å². The lowest BCUT2D eigenvalue weighted by Crippen LogP contribution is -2.00. The molecule has 0 radical (unpaired) electrons. The third-order valence-electron chi connectivity index (χ3n) is 2.29. The van der Waals surface area contributed by atoms with Crippen LogP contribution < -0.4 is 5.32 Å². The fourth-order valence-corrected chi connectivity index (χ4v) is 1.80. The second-order valence-corrected chi connectivity index (χ2v) is 4.32. The highest BCUT2D eigenvalue weighted by Crippen LogP contribution is 2.18. The van der Waals surface area contributed by atoms with Gasteiger partial charge in [0, 0.05) is 29.6 Å². The van der Waals surface area contributed by atoms with Crippen molar-refractivity contribution in [3.05, 3.63) is 58.6 Å². The Balaban J connectivity index is 2.07. The van der Waals surface area contributed by atoms with E-state index in [1.54, 1.807) is 18.5 Å². The number of nitrogens with one attached hydrogen (secondary N) is 1. The van der Waals surface area contributed by atoms with Crippen molar-refractivity contribution in [2.24, 2.45) is 0 Å². The summed E-state index contributed by atoms with van der Waals surface area (Å²) in [5.74, 6) is -0.345. The quantitative estimate of drug-likeness (QED) is 0.896. The van der Waals surface area contributed by atoms with Crippen LogP contribution >= 0.6 is 11.6 Å². The minimum Gasteiger partial charge on any atom is -0.381 e. The highest BCUT2D eigenvalue weighted by atomic mass is 35.5. The largest absolute Gasteiger partial charge is 0.381 e. The molecule has 1 N–H and O–H groups in total. The molecule has 1 aromatic carbocycles. The van der Waals surface area contributed by atoms with Crippen LogP contribution in [-0.4, -0.2) is 4.98 Å². The van der Waals surface area contributed by atoms with Gasteiger partial charge in [-0.25, -0.2) is 4.39 Å². The summed E-state index contributed by atoms with van der Waals surface area (Å²) in [6.45, 7) is 2.57. The lowest BCUT2D eigenvalue weighted by Gasteiger charge is -2.07. The van der Waals surface area contributed by atoms with Crippen molar-refractivity contribution in [3.63, 3.8) is 0 Å². The summed E-state index contributed by atoms with van der Waals surface area (Å²) in [4.78, 5) is 4.09. The van der Waals surface area contributed by atoms with E-state index in [-0.39, 0.29) is 5.82 Å². The molecule has 4 heteroatoms. The molecular formula is C13H12ClFN2. The summed E-state index contributed by atoms with van der Waals surface area (Å²) >= 11 is 5.76. The molecule has 2 rings (SSSR count).